The van der Waals surface area contributed by atoms with E-state index in [4.69, 9.17) is 5.73 Å². The van der Waals surface area contributed by atoms with Gasteiger partial charge in [0.2, 0.25) is 0 Å². The Kier molecular flexibility index (Phi) is 3.32. The summed E-state index contributed by atoms with van der Waals surface area (Å²) < 4.78 is 13.7. The minimum absolute atomic E-state index is 0.0731. The molecular weight excluding hydrogens is 245 g/mol. The second-order valence-electron chi connectivity index (χ2n) is 4.49. The minimum Gasteiger partial charge on any atom is -0.323 e. The fourth-order valence-corrected chi connectivity index (χ4v) is 1.74. The van der Waals surface area contributed by atoms with Gasteiger partial charge in [-0.25, -0.2) is 4.39 Å². The van der Waals surface area contributed by atoms with Crippen LogP contribution in [0.2, 0.25) is 0 Å². The van der Waals surface area contributed by atoms with Crippen molar-refractivity contribution in [3.05, 3.63) is 34.1 Å². The lowest BCUT2D eigenvalue weighted by Gasteiger charge is -2.28. The summed E-state index contributed by atoms with van der Waals surface area (Å²) in [7, 11) is 0. The van der Waals surface area contributed by atoms with Gasteiger partial charge in [-0.15, -0.1) is 0 Å². The largest absolute Gasteiger partial charge is 0.323 e. The Morgan fingerprint density at radius 3 is 2.43 bits per heavy atom. The zero-order valence-corrected chi connectivity index (χ0v) is 10.2. The first-order valence-electron chi connectivity index (χ1n) is 4.53. The highest BCUT2D eigenvalue weighted by atomic mass is 79.9. The zero-order chi connectivity index (χ0) is 10.9. The molecule has 0 aromatic heterocycles. The van der Waals surface area contributed by atoms with Gasteiger partial charge in [0.15, 0.2) is 0 Å². The quantitative estimate of drug-likeness (QED) is 0.819. The van der Waals surface area contributed by atoms with Gasteiger partial charge in [0, 0.05) is 6.04 Å². The van der Waals surface area contributed by atoms with Gasteiger partial charge >= 0.3 is 0 Å². The molecule has 78 valence electrons. The van der Waals surface area contributed by atoms with Gasteiger partial charge in [-0.1, -0.05) is 32.9 Å². The molecule has 0 unspecified atom stereocenters. The predicted molar refractivity (Wildman–Crippen MR) is 60.5 cm³/mol. The molecule has 14 heavy (non-hydrogen) atoms. The Bertz CT molecular complexity index is 331. The van der Waals surface area contributed by atoms with Crippen LogP contribution in [-0.4, -0.2) is 0 Å². The average Bonchev–Trinajstić information content (AvgIpc) is 2.07. The van der Waals surface area contributed by atoms with Crippen molar-refractivity contribution in [2.45, 2.75) is 26.8 Å². The normalized spacial score (nSPS) is 14.1. The minimum atomic E-state index is -0.262. The van der Waals surface area contributed by atoms with Crippen molar-refractivity contribution in [2.24, 2.45) is 11.1 Å². The Morgan fingerprint density at radius 1 is 1.36 bits per heavy atom. The highest BCUT2D eigenvalue weighted by Gasteiger charge is 2.24. The number of benzene rings is 1. The fraction of sp³-hybridized carbons (Fsp3) is 0.455. The lowest BCUT2D eigenvalue weighted by molar-refractivity contribution is 0.325. The highest BCUT2D eigenvalue weighted by molar-refractivity contribution is 9.10. The van der Waals surface area contributed by atoms with Crippen LogP contribution in [0.4, 0.5) is 4.39 Å². The second-order valence-corrected chi connectivity index (χ2v) is 5.28. The van der Waals surface area contributed by atoms with Crippen LogP contribution in [0.3, 0.4) is 0 Å². The molecule has 0 spiro atoms. The van der Waals surface area contributed by atoms with Gasteiger partial charge in [-0.05, 0) is 33.0 Å². The third-order valence-corrected chi connectivity index (χ3v) is 3.09. The first-order valence-corrected chi connectivity index (χ1v) is 5.33. The molecule has 0 aliphatic rings. The summed E-state index contributed by atoms with van der Waals surface area (Å²) in [6, 6.07) is 4.78. The maximum absolute atomic E-state index is 13.2. The molecule has 0 amide bonds. The smallest absolute Gasteiger partial charge is 0.137 e. The summed E-state index contributed by atoms with van der Waals surface area (Å²) in [6.45, 7) is 6.11. The van der Waals surface area contributed by atoms with Crippen molar-refractivity contribution >= 4 is 15.9 Å². The summed E-state index contributed by atoms with van der Waals surface area (Å²) in [4.78, 5) is 0. The Hall–Kier alpha value is -0.410. The van der Waals surface area contributed by atoms with Crippen molar-refractivity contribution < 1.29 is 4.39 Å². The van der Waals surface area contributed by atoms with Crippen molar-refractivity contribution in [3.63, 3.8) is 0 Å². The van der Waals surface area contributed by atoms with Gasteiger partial charge in [0.25, 0.3) is 0 Å². The van der Waals surface area contributed by atoms with E-state index >= 15 is 0 Å². The molecular formula is C11H15BrFN. The Morgan fingerprint density at radius 2 is 1.93 bits per heavy atom. The Labute approximate surface area is 92.6 Å². The molecule has 0 heterocycles. The van der Waals surface area contributed by atoms with E-state index < -0.39 is 0 Å². The summed E-state index contributed by atoms with van der Waals surface area (Å²) in [5, 5.41) is 0. The van der Waals surface area contributed by atoms with Gasteiger partial charge < -0.3 is 5.73 Å². The van der Waals surface area contributed by atoms with Crippen molar-refractivity contribution in [1.82, 2.24) is 0 Å². The lowest BCUT2D eigenvalue weighted by atomic mass is 9.83. The molecule has 1 atom stereocenters. The standard InChI is InChI=1S/C11H15BrFN/c1-11(2,3)10(14)7-5-4-6-8(13)9(7)12/h4-6,10H,14H2,1-3H3/t10-/m1/s1. The maximum atomic E-state index is 13.2. The van der Waals surface area contributed by atoms with Gasteiger partial charge in [-0.2, -0.15) is 0 Å². The van der Waals surface area contributed by atoms with Crippen LogP contribution in [0.25, 0.3) is 0 Å². The number of nitrogens with two attached hydrogens (primary N) is 1. The van der Waals surface area contributed by atoms with E-state index in [1.54, 1.807) is 6.07 Å². The molecule has 2 N–H and O–H groups in total. The molecule has 0 fully saturated rings. The lowest BCUT2D eigenvalue weighted by Crippen LogP contribution is -2.26. The van der Waals surface area contributed by atoms with E-state index in [2.05, 4.69) is 15.9 Å². The molecule has 0 aliphatic carbocycles. The maximum Gasteiger partial charge on any atom is 0.137 e. The molecule has 0 radical (unpaired) electrons. The molecule has 1 aromatic carbocycles. The monoisotopic (exact) mass is 259 g/mol. The second kappa shape index (κ2) is 3.99. The van der Waals surface area contributed by atoms with Crippen LogP contribution in [-0.2, 0) is 0 Å². The van der Waals surface area contributed by atoms with Crippen LogP contribution < -0.4 is 5.73 Å². The first kappa shape index (κ1) is 11.7. The van der Waals surface area contributed by atoms with Crippen LogP contribution in [0, 0.1) is 11.2 Å². The number of hydrogen-bond donors (Lipinski definition) is 1. The van der Waals surface area contributed by atoms with E-state index in [0.717, 1.165) is 5.56 Å². The van der Waals surface area contributed by atoms with E-state index in [9.17, 15) is 4.39 Å². The van der Waals surface area contributed by atoms with Gasteiger partial charge in [0.05, 0.1) is 4.47 Å². The fourth-order valence-electron chi connectivity index (χ4n) is 1.23. The molecule has 1 rings (SSSR count). The first-order chi connectivity index (χ1) is 6.34. The summed E-state index contributed by atoms with van der Waals surface area (Å²) in [6.07, 6.45) is 0. The van der Waals surface area contributed by atoms with E-state index in [0.29, 0.717) is 4.47 Å². The molecule has 0 bridgehead atoms. The van der Waals surface area contributed by atoms with Crippen LogP contribution >= 0.6 is 15.9 Å². The topological polar surface area (TPSA) is 26.0 Å². The summed E-state index contributed by atoms with van der Waals surface area (Å²) >= 11 is 3.22. The summed E-state index contributed by atoms with van der Waals surface area (Å²) in [5.74, 6) is -0.262. The molecule has 1 aromatic rings. The van der Waals surface area contributed by atoms with Crippen molar-refractivity contribution in [1.29, 1.82) is 0 Å². The SMILES string of the molecule is CC(C)(C)[C@H](N)c1cccc(F)c1Br. The number of rotatable bonds is 1. The summed E-state index contributed by atoms with van der Waals surface area (Å²) in [5.41, 5.74) is 6.79. The van der Waals surface area contributed by atoms with E-state index in [-0.39, 0.29) is 17.3 Å². The Balaban J connectivity index is 3.14. The third kappa shape index (κ3) is 2.34. The van der Waals surface area contributed by atoms with Crippen LogP contribution in [0.1, 0.15) is 32.4 Å². The van der Waals surface area contributed by atoms with Gasteiger partial charge in [0.1, 0.15) is 5.82 Å². The highest BCUT2D eigenvalue weighted by Crippen LogP contribution is 2.35. The van der Waals surface area contributed by atoms with Crippen LogP contribution in [0.5, 0.6) is 0 Å². The third-order valence-electron chi connectivity index (χ3n) is 2.25. The van der Waals surface area contributed by atoms with Crippen LogP contribution in [0.15, 0.2) is 22.7 Å². The molecule has 3 heteroatoms. The molecule has 0 saturated carbocycles. The number of hydrogen-bond acceptors (Lipinski definition) is 1. The van der Waals surface area contributed by atoms with Crippen molar-refractivity contribution in [3.8, 4) is 0 Å². The zero-order valence-electron chi connectivity index (χ0n) is 8.64. The van der Waals surface area contributed by atoms with Crippen molar-refractivity contribution in [2.75, 3.05) is 0 Å². The number of halogens is 2. The molecule has 1 nitrogen and oxygen atoms in total. The molecule has 0 aliphatic heterocycles. The van der Waals surface area contributed by atoms with E-state index in [1.807, 2.05) is 26.8 Å². The molecule has 0 saturated heterocycles. The predicted octanol–water partition coefficient (Wildman–Crippen LogP) is 3.63. The average molecular weight is 260 g/mol. The van der Waals surface area contributed by atoms with E-state index in [1.165, 1.54) is 6.07 Å². The van der Waals surface area contributed by atoms with Gasteiger partial charge in [-0.3, -0.25) is 0 Å².